The summed E-state index contributed by atoms with van der Waals surface area (Å²) in [5.41, 5.74) is 37.9. The maximum absolute atomic E-state index is 11.3. The van der Waals surface area contributed by atoms with Crippen molar-refractivity contribution in [2.24, 2.45) is 49.6 Å². The normalized spacial score (nSPS) is 11.3. The molecule has 3 unspecified atom stereocenters. The number of amides is 1. The number of Topliss-reactive ketones (excluding diaryl/α,β-unsaturated/α-hetero) is 1. The minimum atomic E-state index is -1.14. The van der Waals surface area contributed by atoms with Crippen LogP contribution in [0.5, 0.6) is 0 Å². The second-order valence-corrected chi connectivity index (χ2v) is 29.3. The van der Waals surface area contributed by atoms with Gasteiger partial charge in [0, 0.05) is 31.5 Å². The molecule has 4 aromatic heterocycles. The largest absolute Gasteiger partial charge is 1.00 e. The zero-order chi connectivity index (χ0) is 64.1. The van der Waals surface area contributed by atoms with Gasteiger partial charge in [0.25, 0.3) is 0 Å². The third-order valence-corrected chi connectivity index (χ3v) is 23.6. The fourth-order valence-electron chi connectivity index (χ4n) is 4.20. The Labute approximate surface area is 567 Å². The first-order valence-electron chi connectivity index (χ1n) is 22.5. The maximum atomic E-state index is 11.3. The molecule has 84 heavy (non-hydrogen) atoms. The Bertz CT molecular complexity index is 2890. The number of aliphatic hydroxyl groups excluding tert-OH is 3. The van der Waals surface area contributed by atoms with E-state index in [1.165, 1.54) is 62.9 Å². The van der Waals surface area contributed by atoms with Gasteiger partial charge in [-0.3, -0.25) is 25.0 Å². The number of ether oxygens (including phenoxy) is 2. The molecule has 0 saturated carbocycles. The van der Waals surface area contributed by atoms with Crippen LogP contribution in [0.2, 0.25) is 0 Å². The van der Waals surface area contributed by atoms with Crippen LogP contribution >= 0.6 is 83.3 Å². The van der Waals surface area contributed by atoms with Gasteiger partial charge in [0.2, 0.25) is 5.91 Å². The number of ketones is 1. The molecule has 0 aromatic carbocycles. The number of thiazole rings is 4. The summed E-state index contributed by atoms with van der Waals surface area (Å²) in [5, 5.41) is 36.8. The molecule has 5 heterocycles. The van der Waals surface area contributed by atoms with Gasteiger partial charge in [-0.1, -0.05) is 38.5 Å². The topological polar surface area (TPSA) is 433 Å². The number of aromatic nitrogens is 4. The number of aliphatic hydroxyl groups is 3. The molecule has 5 rings (SSSR count). The summed E-state index contributed by atoms with van der Waals surface area (Å²) in [4.78, 5) is 66.1. The summed E-state index contributed by atoms with van der Waals surface area (Å²) < 4.78 is 13.0. The number of carbonyl (C=O) groups is 4. The maximum Gasteiger partial charge on any atom is 1.00 e. The van der Waals surface area contributed by atoms with E-state index in [0.29, 0.717) is 28.7 Å². The number of nitrogens with zero attached hydrogens (tertiary/aromatic N) is 7. The molecular formula is C44H69AlClLiN15O9P2S11. The van der Waals surface area contributed by atoms with Crippen LogP contribution in [0.1, 0.15) is 101 Å². The van der Waals surface area contributed by atoms with Crippen molar-refractivity contribution in [3.8, 4) is 0 Å². The molecule has 3 radical (unpaired) electrons. The Balaban J connectivity index is -0.000000165. The minimum Gasteiger partial charge on any atom is -1.00 e. The number of nitrogens with one attached hydrogen (secondary N) is 1. The van der Waals surface area contributed by atoms with Crippen molar-refractivity contribution in [1.82, 2.24) is 24.9 Å². The summed E-state index contributed by atoms with van der Waals surface area (Å²) >= 11 is 29.2. The van der Waals surface area contributed by atoms with Crippen LogP contribution in [0.25, 0.3) is 12.2 Å². The number of alkyl halides is 1. The number of halogens is 1. The van der Waals surface area contributed by atoms with Crippen molar-refractivity contribution in [3.05, 3.63) is 101 Å². The SMILES string of the molecule is C=CC(N)=O.C=CC(N)=S.C=Cc1nc(C)c(C(=O)OCC)s1.C=Cc1nc(C)c(CO)s1.CCOC(=O)C(Cl)C(C)=O.Cc1nc(C(N)CN=C(N)N)sc1CO.Cc1nc(C2CN2N=S)sc1CO.N=C(N)N.S=PP=S=S=S=S.[Al].[H-].[Li+]. The third kappa shape index (κ3) is 46.0. The number of esters is 2. The van der Waals surface area contributed by atoms with E-state index in [9.17, 15) is 19.2 Å². The van der Waals surface area contributed by atoms with E-state index in [-0.39, 0.29) is 99.8 Å². The molecule has 24 nitrogen and oxygen atoms in total. The standard InChI is InChI=1S/C9H11NO2S.C8H15N5OS.C7H9N3OS2.C7H9NOS.C6H9ClO3.C3H5NO.C3H5NS.CH5N3.Al.Li.P2S5.H/c1-4-7-10-6(3)8(13-7)9(11)12-5-2;1-4-6(3-14)15-7(13-4)5(9)2-12-8(10)11;1-4-6(3-11)13-7(8-4)5-2-10(5)9-12;1-3-7-8-5(2)6(4-9)10-7;1-3-10-6(9)5(7)4(2)8;2*1-2-3(4)5;2-1(3)4;;;3-1-2-5-7-6-4;/h4H,1,5H2,2-3H3;5,14H,2-3,9H2,1H3,(H4,10,11,12);5,11H,2-3H2,1H3;3,9H,1,4H2,2H3;5H,3H2,1-2H3;2*2H,1H2,(H2,4,5);(H5,2,3,4);;;;/q;;;;;;;;;+1;;-1. The molecule has 1 aliphatic rings. The number of primary amides is 1. The Morgan fingerprint density at radius 1 is 0.857 bits per heavy atom. The van der Waals surface area contributed by atoms with Crippen molar-refractivity contribution in [2.75, 3.05) is 26.3 Å². The molecule has 0 aliphatic carbocycles. The van der Waals surface area contributed by atoms with Crippen LogP contribution in [-0.4, -0.2) is 130 Å². The summed E-state index contributed by atoms with van der Waals surface area (Å²) in [6.07, 6.45) is 5.80. The van der Waals surface area contributed by atoms with Crippen LogP contribution in [0.3, 0.4) is 0 Å². The summed E-state index contributed by atoms with van der Waals surface area (Å²) in [7, 11) is 6.83. The molecule has 0 spiro atoms. The quantitative estimate of drug-likeness (QED) is 0.00649. The molecule has 40 heteroatoms. The molecule has 461 valence electrons. The van der Waals surface area contributed by atoms with E-state index in [1.54, 1.807) is 67.6 Å². The Morgan fingerprint density at radius 2 is 1.31 bits per heavy atom. The summed E-state index contributed by atoms with van der Waals surface area (Å²) in [5.74, 6) is -2.16. The second-order valence-electron chi connectivity index (χ2n) is 14.1. The van der Waals surface area contributed by atoms with Crippen LogP contribution in [-0.2, 0) is 106 Å². The first-order valence-corrected chi connectivity index (χ1v) is 35.5. The zero-order valence-corrected chi connectivity index (χ0v) is 59.8. The number of carbonyl (C=O) groups excluding carboxylic acids is 4. The minimum absolute atomic E-state index is 0. The number of aliphatic imine (C=N–C) groups is 1. The van der Waals surface area contributed by atoms with Gasteiger partial charge in [-0.05, 0) is 123 Å². The number of guanidine groups is 2. The van der Waals surface area contributed by atoms with Gasteiger partial charge < -0.3 is 66.4 Å². The van der Waals surface area contributed by atoms with Crippen molar-refractivity contribution < 1.29 is 64.3 Å². The van der Waals surface area contributed by atoms with E-state index in [1.807, 2.05) is 20.8 Å². The molecule has 1 amide bonds. The molecule has 4 aromatic rings. The van der Waals surface area contributed by atoms with Crippen molar-refractivity contribution in [1.29, 1.82) is 5.41 Å². The average molecular weight is 1440 g/mol. The molecule has 0 bridgehead atoms. The fraction of sp³-hybridized carbons (Fsp3) is 0.386. The van der Waals surface area contributed by atoms with Gasteiger partial charge in [-0.2, -0.15) is 0 Å². The number of thiocarbonyl (C=S) groups is 1. The van der Waals surface area contributed by atoms with Crippen LogP contribution in [0.4, 0.5) is 0 Å². The van der Waals surface area contributed by atoms with Gasteiger partial charge >= 0.3 is 30.8 Å². The Kier molecular flexibility index (Phi) is 61.6. The van der Waals surface area contributed by atoms with Gasteiger partial charge in [-0.15, -0.1) is 61.4 Å². The van der Waals surface area contributed by atoms with E-state index < -0.39 is 17.3 Å². The first-order chi connectivity index (χ1) is 38.5. The monoisotopic (exact) mass is 1430 g/mol. The Hall–Kier alpha value is -3.23. The van der Waals surface area contributed by atoms with Crippen molar-refractivity contribution in [3.63, 3.8) is 0 Å². The van der Waals surface area contributed by atoms with E-state index >= 15 is 0 Å². The van der Waals surface area contributed by atoms with Crippen molar-refractivity contribution in [2.45, 2.75) is 85.7 Å². The number of nitrogens with two attached hydrogens (primary N) is 7. The smallest absolute Gasteiger partial charge is 1.00 e. The van der Waals surface area contributed by atoms with Gasteiger partial charge in [-0.25, -0.2) is 29.5 Å². The predicted octanol–water partition coefficient (Wildman–Crippen LogP) is 2.17. The first kappa shape index (κ1) is 91.9. The van der Waals surface area contributed by atoms with E-state index in [0.717, 1.165) is 71.4 Å². The zero-order valence-electron chi connectivity index (χ0n) is 48.1. The molecule has 1 fully saturated rings. The average Bonchev–Trinajstić information content (AvgIpc) is 3.64. The second kappa shape index (κ2) is 56.3. The fourth-order valence-corrected chi connectivity index (χ4v) is 17.6. The number of aryl methyl sites for hydroxylation is 4. The number of hydrogen-bond donors (Lipinski definition) is 11. The van der Waals surface area contributed by atoms with Crippen LogP contribution in [0, 0.1) is 33.1 Å². The van der Waals surface area contributed by atoms with E-state index in [4.69, 9.17) is 60.0 Å². The van der Waals surface area contributed by atoms with E-state index in [2.05, 4.69) is 125 Å². The summed E-state index contributed by atoms with van der Waals surface area (Å²) in [6, 6.07) is -0.0578. The molecule has 1 aliphatic heterocycles. The van der Waals surface area contributed by atoms with Gasteiger partial charge in [0.15, 0.2) is 23.1 Å². The molecule has 3 atom stereocenters. The Morgan fingerprint density at radius 3 is 1.64 bits per heavy atom. The number of rotatable bonds is 18. The predicted molar refractivity (Wildman–Crippen MR) is 365 cm³/mol. The summed E-state index contributed by atoms with van der Waals surface area (Å²) in [6.45, 7) is 27.6. The number of hydrogen-bond acceptors (Lipinski definition) is 25. The van der Waals surface area contributed by atoms with Gasteiger partial charge in [0.05, 0.1) is 107 Å². The van der Waals surface area contributed by atoms with Gasteiger partial charge in [0.1, 0.15) is 30.9 Å². The molecule has 18 N–H and O–H groups in total. The van der Waals surface area contributed by atoms with Crippen LogP contribution < -0.4 is 59.0 Å². The van der Waals surface area contributed by atoms with Crippen LogP contribution in [0.15, 0.2) is 47.9 Å². The van der Waals surface area contributed by atoms with Crippen molar-refractivity contribution >= 4 is 216 Å². The molecular weight excluding hydrogens is 1370 g/mol. The molecule has 1 saturated heterocycles. The third-order valence-electron chi connectivity index (χ3n) is 7.92.